The van der Waals surface area contributed by atoms with Crippen molar-refractivity contribution in [2.45, 2.75) is 25.3 Å². The molecule has 0 radical (unpaired) electrons. The lowest BCUT2D eigenvalue weighted by Gasteiger charge is -2.14. The van der Waals surface area contributed by atoms with Gasteiger partial charge in [0.1, 0.15) is 0 Å². The number of aromatic nitrogens is 1. The molecule has 3 aromatic rings. The molecule has 0 amide bonds. The Balaban J connectivity index is 1.98. The van der Waals surface area contributed by atoms with E-state index >= 15 is 0 Å². The molecule has 2 nitrogen and oxygen atoms in total. The molecule has 1 aromatic heterocycles. The van der Waals surface area contributed by atoms with E-state index in [4.69, 9.17) is 0 Å². The van der Waals surface area contributed by atoms with Crippen LogP contribution in [0.2, 0.25) is 0 Å². The molecule has 2 aromatic carbocycles. The van der Waals surface area contributed by atoms with Crippen molar-refractivity contribution in [1.29, 1.82) is 0 Å². The van der Waals surface area contributed by atoms with Crippen LogP contribution in [0.4, 0.5) is 13.2 Å². The molecule has 0 saturated heterocycles. The minimum Gasteiger partial charge on any atom is -0.341 e. The third-order valence-electron chi connectivity index (χ3n) is 4.40. The van der Waals surface area contributed by atoms with Crippen LogP contribution < -0.4 is 5.43 Å². The Morgan fingerprint density at radius 1 is 1.04 bits per heavy atom. The Labute approximate surface area is 136 Å². The van der Waals surface area contributed by atoms with E-state index in [1.165, 1.54) is 0 Å². The van der Waals surface area contributed by atoms with Crippen molar-refractivity contribution < 1.29 is 13.2 Å². The first-order chi connectivity index (χ1) is 11.6. The van der Waals surface area contributed by atoms with Gasteiger partial charge in [-0.1, -0.05) is 30.3 Å². The summed E-state index contributed by atoms with van der Waals surface area (Å²) in [6, 6.07) is 10.2. The fraction of sp³-hybridized carbons (Fsp3) is 0.211. The number of fused-ring (bicyclic) bond motifs is 1. The molecule has 0 unspecified atom stereocenters. The Kier molecular flexibility index (Phi) is 3.44. The minimum atomic E-state index is -1.54. The summed E-state index contributed by atoms with van der Waals surface area (Å²) in [4.78, 5) is 12.7. The highest BCUT2D eigenvalue weighted by molar-refractivity contribution is 5.81. The lowest BCUT2D eigenvalue weighted by molar-refractivity contribution is 0.450. The maximum absolute atomic E-state index is 14.3. The fourth-order valence-electron chi connectivity index (χ4n) is 3.06. The van der Waals surface area contributed by atoms with Gasteiger partial charge >= 0.3 is 0 Å². The Hall–Kier alpha value is -2.56. The van der Waals surface area contributed by atoms with Crippen LogP contribution >= 0.6 is 0 Å². The van der Waals surface area contributed by atoms with E-state index in [1.54, 1.807) is 10.8 Å². The number of hydrogen-bond donors (Lipinski definition) is 0. The van der Waals surface area contributed by atoms with Gasteiger partial charge in [0.15, 0.2) is 22.9 Å². The minimum absolute atomic E-state index is 0.0296. The van der Waals surface area contributed by atoms with Crippen LogP contribution in [0.5, 0.6) is 0 Å². The third kappa shape index (κ3) is 2.40. The standard InChI is InChI=1S/C19H14F3NO/c20-15-9-14-18(17(22)16(15)21)23(13-6-7-13)10-12(19(14)24)8-11-4-2-1-3-5-11/h1-5,9-10,13H,6-8H2. The van der Waals surface area contributed by atoms with Gasteiger partial charge in [-0.25, -0.2) is 13.2 Å². The molecule has 4 rings (SSSR count). The zero-order chi connectivity index (χ0) is 16.8. The second-order valence-electron chi connectivity index (χ2n) is 6.17. The lowest BCUT2D eigenvalue weighted by Crippen LogP contribution is -2.17. The van der Waals surface area contributed by atoms with Crippen molar-refractivity contribution in [2.24, 2.45) is 0 Å². The molecule has 1 heterocycles. The first kappa shape index (κ1) is 15.0. The van der Waals surface area contributed by atoms with Crippen molar-refractivity contribution in [2.75, 3.05) is 0 Å². The SMILES string of the molecule is O=c1c(Cc2ccccc2)cn(C2CC2)c2c(F)c(F)c(F)cc12. The van der Waals surface area contributed by atoms with E-state index in [1.807, 2.05) is 30.3 Å². The molecule has 24 heavy (non-hydrogen) atoms. The highest BCUT2D eigenvalue weighted by atomic mass is 19.2. The number of nitrogens with zero attached hydrogens (tertiary/aromatic N) is 1. The second kappa shape index (κ2) is 5.51. The molecule has 1 fully saturated rings. The predicted octanol–water partition coefficient (Wildman–Crippen LogP) is 4.34. The lowest BCUT2D eigenvalue weighted by atomic mass is 10.0. The Morgan fingerprint density at radius 3 is 2.42 bits per heavy atom. The van der Waals surface area contributed by atoms with Gasteiger partial charge in [0.25, 0.3) is 0 Å². The molecule has 0 bridgehead atoms. The van der Waals surface area contributed by atoms with Crippen molar-refractivity contribution in [3.05, 3.63) is 81.4 Å². The normalized spacial score (nSPS) is 14.3. The van der Waals surface area contributed by atoms with Gasteiger partial charge in [-0.15, -0.1) is 0 Å². The maximum Gasteiger partial charge on any atom is 0.196 e. The summed E-state index contributed by atoms with van der Waals surface area (Å²) in [5.74, 6) is -4.16. The first-order valence-electron chi connectivity index (χ1n) is 7.81. The van der Waals surface area contributed by atoms with E-state index in [0.29, 0.717) is 12.0 Å². The molecule has 0 spiro atoms. The number of halogens is 3. The zero-order valence-corrected chi connectivity index (χ0v) is 12.7. The van der Waals surface area contributed by atoms with Gasteiger partial charge in [0.05, 0.1) is 10.9 Å². The number of rotatable bonds is 3. The summed E-state index contributed by atoms with van der Waals surface area (Å²) in [6.07, 6.45) is 3.63. The summed E-state index contributed by atoms with van der Waals surface area (Å²) in [7, 11) is 0. The molecule has 122 valence electrons. The van der Waals surface area contributed by atoms with E-state index in [9.17, 15) is 18.0 Å². The number of pyridine rings is 1. The average Bonchev–Trinajstić information content (AvgIpc) is 3.41. The van der Waals surface area contributed by atoms with Gasteiger partial charge in [0.2, 0.25) is 0 Å². The van der Waals surface area contributed by atoms with Gasteiger partial charge in [-0.05, 0) is 24.5 Å². The van der Waals surface area contributed by atoms with Gasteiger partial charge in [0, 0.05) is 24.2 Å². The summed E-state index contributed by atoms with van der Waals surface area (Å²) >= 11 is 0. The molecule has 0 N–H and O–H groups in total. The van der Waals surface area contributed by atoms with Gasteiger partial charge < -0.3 is 4.57 Å². The molecule has 1 aliphatic rings. The average molecular weight is 329 g/mol. The summed E-state index contributed by atoms with van der Waals surface area (Å²) < 4.78 is 43.1. The predicted molar refractivity (Wildman–Crippen MR) is 85.6 cm³/mol. The van der Waals surface area contributed by atoms with Gasteiger partial charge in [-0.3, -0.25) is 4.79 Å². The zero-order valence-electron chi connectivity index (χ0n) is 12.7. The monoisotopic (exact) mass is 329 g/mol. The van der Waals surface area contributed by atoms with Crippen molar-refractivity contribution in [3.8, 4) is 0 Å². The highest BCUT2D eigenvalue weighted by Gasteiger charge is 2.28. The molecule has 1 aliphatic carbocycles. The van der Waals surface area contributed by atoms with Crippen LogP contribution in [0.15, 0.2) is 47.4 Å². The smallest absolute Gasteiger partial charge is 0.196 e. The topological polar surface area (TPSA) is 22.0 Å². The van der Waals surface area contributed by atoms with E-state index in [-0.39, 0.29) is 16.9 Å². The molecular weight excluding hydrogens is 315 g/mol. The van der Waals surface area contributed by atoms with Crippen LogP contribution in [-0.4, -0.2) is 4.57 Å². The summed E-state index contributed by atoms with van der Waals surface area (Å²) in [5.41, 5.74) is 0.784. The van der Waals surface area contributed by atoms with E-state index in [2.05, 4.69) is 0 Å². The first-order valence-corrected chi connectivity index (χ1v) is 7.81. The third-order valence-corrected chi connectivity index (χ3v) is 4.40. The Bertz CT molecular complexity index is 991. The summed E-state index contributed by atoms with van der Waals surface area (Å²) in [5, 5.41) is -0.105. The van der Waals surface area contributed by atoms with Crippen LogP contribution in [0.25, 0.3) is 10.9 Å². The largest absolute Gasteiger partial charge is 0.341 e. The molecular formula is C19H14F3NO. The van der Waals surface area contributed by atoms with Crippen molar-refractivity contribution in [3.63, 3.8) is 0 Å². The molecule has 0 aliphatic heterocycles. The fourth-order valence-corrected chi connectivity index (χ4v) is 3.06. The Morgan fingerprint density at radius 2 is 1.75 bits per heavy atom. The van der Waals surface area contributed by atoms with Crippen molar-refractivity contribution in [1.82, 2.24) is 4.57 Å². The van der Waals surface area contributed by atoms with E-state index < -0.39 is 22.9 Å². The quantitative estimate of drug-likeness (QED) is 0.655. The molecule has 0 atom stereocenters. The molecule has 5 heteroatoms. The van der Waals surface area contributed by atoms with Crippen molar-refractivity contribution >= 4 is 10.9 Å². The van der Waals surface area contributed by atoms with Crippen LogP contribution in [-0.2, 0) is 6.42 Å². The highest BCUT2D eigenvalue weighted by Crippen LogP contribution is 2.38. The number of hydrogen-bond acceptors (Lipinski definition) is 1. The van der Waals surface area contributed by atoms with Crippen LogP contribution in [0.1, 0.15) is 30.0 Å². The second-order valence-corrected chi connectivity index (χ2v) is 6.17. The van der Waals surface area contributed by atoms with Crippen LogP contribution in [0, 0.1) is 17.5 Å². The van der Waals surface area contributed by atoms with Crippen LogP contribution in [0.3, 0.4) is 0 Å². The van der Waals surface area contributed by atoms with E-state index in [0.717, 1.165) is 24.5 Å². The molecule has 1 saturated carbocycles. The summed E-state index contributed by atoms with van der Waals surface area (Å²) in [6.45, 7) is 0. The maximum atomic E-state index is 14.3. The van der Waals surface area contributed by atoms with Gasteiger partial charge in [-0.2, -0.15) is 0 Å². The number of benzene rings is 2.